The molecule has 2 aromatic carbocycles. The molecule has 142 valence electrons. The molecule has 6 nitrogen and oxygen atoms in total. The maximum Gasteiger partial charge on any atom is 0.226 e. The molecule has 0 aliphatic heterocycles. The molecule has 0 spiro atoms. The van der Waals surface area contributed by atoms with Gasteiger partial charge in [0.15, 0.2) is 0 Å². The maximum atomic E-state index is 12.3. The van der Waals surface area contributed by atoms with E-state index in [9.17, 15) is 4.79 Å². The van der Waals surface area contributed by atoms with Crippen LogP contribution in [0, 0.1) is 20.8 Å². The summed E-state index contributed by atoms with van der Waals surface area (Å²) in [6, 6.07) is 14.6. The zero-order valence-corrected chi connectivity index (χ0v) is 16.2. The number of nitrogens with zero attached hydrogens (tertiary/aromatic N) is 2. The Labute approximate surface area is 162 Å². The zero-order valence-electron chi connectivity index (χ0n) is 16.2. The van der Waals surface area contributed by atoms with E-state index in [2.05, 4.69) is 63.4 Å². The van der Waals surface area contributed by atoms with Crippen molar-refractivity contribution in [2.24, 2.45) is 0 Å². The van der Waals surface area contributed by atoms with Crippen molar-refractivity contribution < 1.29 is 9.42 Å². The van der Waals surface area contributed by atoms with Gasteiger partial charge in [-0.15, -0.1) is 0 Å². The Balaban J connectivity index is 1.62. The summed E-state index contributed by atoms with van der Waals surface area (Å²) in [5.41, 5.74) is 7.95. The van der Waals surface area contributed by atoms with Gasteiger partial charge in [-0.25, -0.2) is 4.63 Å². The highest BCUT2D eigenvalue weighted by atomic mass is 16.6. The Morgan fingerprint density at radius 3 is 2.61 bits per heavy atom. The number of aryl methyl sites for hydroxylation is 3. The van der Waals surface area contributed by atoms with Gasteiger partial charge in [-0.2, -0.15) is 0 Å². The van der Waals surface area contributed by atoms with E-state index in [1.807, 2.05) is 18.2 Å². The molecule has 2 aromatic heterocycles. The summed E-state index contributed by atoms with van der Waals surface area (Å²) < 4.78 is 4.66. The van der Waals surface area contributed by atoms with E-state index >= 15 is 0 Å². The van der Waals surface area contributed by atoms with Gasteiger partial charge in [0.05, 0.1) is 11.9 Å². The fourth-order valence-corrected chi connectivity index (χ4v) is 3.51. The van der Waals surface area contributed by atoms with Crippen molar-refractivity contribution in [3.63, 3.8) is 0 Å². The summed E-state index contributed by atoms with van der Waals surface area (Å²) in [5.74, 6) is -0.111. The number of rotatable bonds is 5. The summed E-state index contributed by atoms with van der Waals surface area (Å²) in [4.78, 5) is 15.9. The Bertz CT molecular complexity index is 1140. The molecule has 1 amide bonds. The average Bonchev–Trinajstić information content (AvgIpc) is 3.24. The minimum absolute atomic E-state index is 0.111. The van der Waals surface area contributed by atoms with Crippen LogP contribution in [0.1, 0.15) is 28.1 Å². The highest BCUT2D eigenvalue weighted by Crippen LogP contribution is 2.32. The number of hydrogen-bond donors (Lipinski definition) is 2. The number of amides is 1. The number of H-pyrrole nitrogens is 1. The second-order valence-electron chi connectivity index (χ2n) is 7.09. The van der Waals surface area contributed by atoms with Gasteiger partial charge >= 0.3 is 0 Å². The second kappa shape index (κ2) is 7.31. The van der Waals surface area contributed by atoms with E-state index in [1.54, 1.807) is 6.92 Å². The van der Waals surface area contributed by atoms with Crippen molar-refractivity contribution >= 4 is 16.8 Å². The number of nitrogens with one attached hydrogen (secondary N) is 2. The third kappa shape index (κ3) is 3.41. The molecule has 0 unspecified atom stereocenters. The molecule has 28 heavy (non-hydrogen) atoms. The number of carbonyl (C=O) groups excluding carboxylic acids is 1. The monoisotopic (exact) mass is 374 g/mol. The van der Waals surface area contributed by atoms with Gasteiger partial charge < -0.3 is 10.3 Å². The lowest BCUT2D eigenvalue weighted by Crippen LogP contribution is -2.25. The number of benzene rings is 2. The van der Waals surface area contributed by atoms with E-state index in [0.717, 1.165) is 27.9 Å². The van der Waals surface area contributed by atoms with Crippen molar-refractivity contribution in [1.29, 1.82) is 0 Å². The van der Waals surface area contributed by atoms with E-state index in [4.69, 9.17) is 0 Å². The van der Waals surface area contributed by atoms with Gasteiger partial charge in [0, 0.05) is 17.6 Å². The third-order valence-corrected chi connectivity index (χ3v) is 5.01. The van der Waals surface area contributed by atoms with Gasteiger partial charge in [0.1, 0.15) is 11.4 Å². The lowest BCUT2D eigenvalue weighted by molar-refractivity contribution is -0.120. The molecule has 4 rings (SSSR count). The van der Waals surface area contributed by atoms with Crippen LogP contribution in [0.3, 0.4) is 0 Å². The largest absolute Gasteiger partial charge is 0.354 e. The first-order chi connectivity index (χ1) is 13.5. The quantitative estimate of drug-likeness (QED) is 0.553. The molecule has 2 N–H and O–H groups in total. The number of fused-ring (bicyclic) bond motifs is 1. The third-order valence-electron chi connectivity index (χ3n) is 5.01. The zero-order chi connectivity index (χ0) is 19.7. The lowest BCUT2D eigenvalue weighted by Gasteiger charge is -2.08. The van der Waals surface area contributed by atoms with Crippen molar-refractivity contribution in [2.75, 3.05) is 0 Å². The van der Waals surface area contributed by atoms with Crippen LogP contribution >= 0.6 is 0 Å². The van der Waals surface area contributed by atoms with Crippen molar-refractivity contribution in [2.45, 2.75) is 33.7 Å². The SMILES string of the molecule is Cc1cc(CNC(=O)Cc2nonc2C)c2[nH]c(-c3ccccc3)c(C)c2c1. The van der Waals surface area contributed by atoms with Gasteiger partial charge in [-0.3, -0.25) is 4.79 Å². The molecule has 0 saturated carbocycles. The number of hydrogen-bond acceptors (Lipinski definition) is 4. The summed E-state index contributed by atoms with van der Waals surface area (Å²) in [6.07, 6.45) is 0.156. The predicted molar refractivity (Wildman–Crippen MR) is 108 cm³/mol. The normalized spacial score (nSPS) is 11.1. The molecule has 0 aliphatic rings. The van der Waals surface area contributed by atoms with E-state index < -0.39 is 0 Å². The Morgan fingerprint density at radius 2 is 1.89 bits per heavy atom. The van der Waals surface area contributed by atoms with Crippen LogP contribution in [-0.2, 0) is 17.8 Å². The smallest absolute Gasteiger partial charge is 0.226 e. The number of aromatic amines is 1. The molecule has 0 atom stereocenters. The van der Waals surface area contributed by atoms with Crippen LogP contribution in [0.2, 0.25) is 0 Å². The summed E-state index contributed by atoms with van der Waals surface area (Å²) in [6.45, 7) is 6.42. The first-order valence-electron chi connectivity index (χ1n) is 9.25. The van der Waals surface area contributed by atoms with Crippen LogP contribution in [-0.4, -0.2) is 21.2 Å². The highest BCUT2D eigenvalue weighted by Gasteiger charge is 2.15. The fraction of sp³-hybridized carbons (Fsp3) is 0.227. The number of carbonyl (C=O) groups is 1. The Hall–Kier alpha value is -3.41. The van der Waals surface area contributed by atoms with E-state index in [-0.39, 0.29) is 12.3 Å². The molecule has 0 saturated heterocycles. The molecule has 0 fully saturated rings. The fourth-order valence-electron chi connectivity index (χ4n) is 3.51. The van der Waals surface area contributed by atoms with Crippen LogP contribution in [0.4, 0.5) is 0 Å². The second-order valence-corrected chi connectivity index (χ2v) is 7.09. The molecule has 4 aromatic rings. The van der Waals surface area contributed by atoms with E-state index in [1.165, 1.54) is 10.9 Å². The predicted octanol–water partition coefficient (Wildman–Crippen LogP) is 4.00. The van der Waals surface area contributed by atoms with Crippen molar-refractivity contribution in [1.82, 2.24) is 20.6 Å². The minimum Gasteiger partial charge on any atom is -0.354 e. The molecule has 0 aliphatic carbocycles. The lowest BCUT2D eigenvalue weighted by atomic mass is 10.0. The molecule has 6 heteroatoms. The topological polar surface area (TPSA) is 83.8 Å². The average molecular weight is 374 g/mol. The minimum atomic E-state index is -0.111. The molecular weight excluding hydrogens is 352 g/mol. The Kier molecular flexibility index (Phi) is 4.69. The first kappa shape index (κ1) is 18.0. The van der Waals surface area contributed by atoms with Crippen molar-refractivity contribution in [3.05, 3.63) is 70.5 Å². The van der Waals surface area contributed by atoms with Gasteiger partial charge in [0.25, 0.3) is 0 Å². The van der Waals surface area contributed by atoms with Gasteiger partial charge in [-0.05, 0) is 43.5 Å². The molecule has 0 radical (unpaired) electrons. The van der Waals surface area contributed by atoms with Gasteiger partial charge in [0.2, 0.25) is 5.91 Å². The summed E-state index contributed by atoms with van der Waals surface area (Å²) in [7, 11) is 0. The number of aromatic nitrogens is 3. The van der Waals surface area contributed by atoms with Gasteiger partial charge in [-0.1, -0.05) is 52.3 Å². The molecule has 0 bridgehead atoms. The van der Waals surface area contributed by atoms with Crippen LogP contribution in [0.15, 0.2) is 47.1 Å². The molecule has 2 heterocycles. The molecular formula is C22H22N4O2. The maximum absolute atomic E-state index is 12.3. The van der Waals surface area contributed by atoms with Crippen molar-refractivity contribution in [3.8, 4) is 11.3 Å². The summed E-state index contributed by atoms with van der Waals surface area (Å²) >= 11 is 0. The first-order valence-corrected chi connectivity index (χ1v) is 9.25. The highest BCUT2D eigenvalue weighted by molar-refractivity contribution is 5.93. The van der Waals surface area contributed by atoms with Crippen LogP contribution < -0.4 is 5.32 Å². The van der Waals surface area contributed by atoms with Crippen LogP contribution in [0.25, 0.3) is 22.2 Å². The Morgan fingerprint density at radius 1 is 1.11 bits per heavy atom. The standard InChI is InChI=1S/C22H22N4O2/c1-13-9-17(12-23-20(27)11-19-15(3)25-28-26-19)22-18(10-13)14(2)21(24-22)16-7-5-4-6-8-16/h4-10,24H,11-12H2,1-3H3,(H,23,27). The van der Waals surface area contributed by atoms with E-state index in [0.29, 0.717) is 17.9 Å². The van der Waals surface area contributed by atoms with Crippen LogP contribution in [0.5, 0.6) is 0 Å². The summed E-state index contributed by atoms with van der Waals surface area (Å²) in [5, 5.41) is 11.6.